The Kier molecular flexibility index (Phi) is 7.44. The second-order valence-corrected chi connectivity index (χ2v) is 10.6. The average molecular weight is 504 g/mol. The van der Waals surface area contributed by atoms with Crippen molar-refractivity contribution in [2.24, 2.45) is 5.92 Å². The summed E-state index contributed by atoms with van der Waals surface area (Å²) < 4.78 is 55.0. The van der Waals surface area contributed by atoms with Crippen LogP contribution >= 0.6 is 11.8 Å². The molecule has 3 aliphatic carbocycles. The number of aliphatic hydroxyl groups excluding tert-OH is 1. The molecule has 0 heterocycles. The number of aliphatic hydroxyl groups is 1. The molecule has 188 valence electrons. The Morgan fingerprint density at radius 1 is 1.09 bits per heavy atom. The molecule has 1 unspecified atom stereocenters. The molecule has 0 saturated heterocycles. The summed E-state index contributed by atoms with van der Waals surface area (Å²) in [5.74, 6) is -0.574. The van der Waals surface area contributed by atoms with Crippen LogP contribution in [0.3, 0.4) is 0 Å². The van der Waals surface area contributed by atoms with Gasteiger partial charge in [-0.2, -0.15) is 24.9 Å². The number of nitrogens with one attached hydrogen (secondary N) is 3. The molecule has 1 aromatic rings. The van der Waals surface area contributed by atoms with Crippen LogP contribution < -0.4 is 16.0 Å². The zero-order valence-corrected chi connectivity index (χ0v) is 19.4. The molecule has 4 N–H and O–H groups in total. The highest BCUT2D eigenvalue weighted by Crippen LogP contribution is 2.40. The van der Waals surface area contributed by atoms with Crippen molar-refractivity contribution >= 4 is 23.6 Å². The van der Waals surface area contributed by atoms with Crippen molar-refractivity contribution in [2.45, 2.75) is 74.5 Å². The van der Waals surface area contributed by atoms with Gasteiger partial charge in [0.15, 0.2) is 6.10 Å². The molecule has 3 fully saturated rings. The molecule has 11 heteroatoms. The fourth-order valence-corrected chi connectivity index (χ4v) is 5.05. The van der Waals surface area contributed by atoms with E-state index in [-0.39, 0.29) is 17.4 Å². The van der Waals surface area contributed by atoms with Gasteiger partial charge in [0.25, 0.3) is 5.91 Å². The molecule has 3 aliphatic rings. The third-order valence-electron chi connectivity index (χ3n) is 6.41. The van der Waals surface area contributed by atoms with Crippen LogP contribution in [0.15, 0.2) is 24.3 Å². The smallest absolute Gasteiger partial charge is 0.381 e. The first kappa shape index (κ1) is 25.2. The molecule has 3 atom stereocenters. The predicted molar refractivity (Wildman–Crippen MR) is 119 cm³/mol. The SMILES string of the molecule is O=C(NC1CC1)C(O)C1(NC(=O)[C@H](CSCC2CC2)N[C@@H](c2ccc(F)cc2)C(F)(F)F)CC1. The van der Waals surface area contributed by atoms with Crippen LogP contribution in [-0.4, -0.2) is 58.3 Å². The topological polar surface area (TPSA) is 90.5 Å². The molecule has 2 amide bonds. The Balaban J connectivity index is 1.46. The van der Waals surface area contributed by atoms with E-state index >= 15 is 0 Å². The fourth-order valence-electron chi connectivity index (χ4n) is 3.77. The van der Waals surface area contributed by atoms with Gasteiger partial charge in [0.1, 0.15) is 11.9 Å². The van der Waals surface area contributed by atoms with Gasteiger partial charge in [-0.05, 0) is 67.9 Å². The summed E-state index contributed by atoms with van der Waals surface area (Å²) >= 11 is 1.40. The number of hydrogen-bond donors (Lipinski definition) is 4. The number of amides is 2. The summed E-state index contributed by atoms with van der Waals surface area (Å²) in [5.41, 5.74) is -1.37. The van der Waals surface area contributed by atoms with Gasteiger partial charge in [-0.15, -0.1) is 0 Å². The quantitative estimate of drug-likeness (QED) is 0.330. The van der Waals surface area contributed by atoms with Gasteiger partial charge in [0, 0.05) is 11.8 Å². The van der Waals surface area contributed by atoms with Crippen molar-refractivity contribution in [1.29, 1.82) is 0 Å². The predicted octanol–water partition coefficient (Wildman–Crippen LogP) is 2.82. The number of thioether (sulfide) groups is 1. The third kappa shape index (κ3) is 6.63. The van der Waals surface area contributed by atoms with E-state index in [1.54, 1.807) is 0 Å². The number of alkyl halides is 3. The number of halogens is 4. The second-order valence-electron chi connectivity index (χ2n) is 9.56. The molecule has 0 aromatic heterocycles. The van der Waals surface area contributed by atoms with Gasteiger partial charge in [0.05, 0.1) is 11.6 Å². The Labute approximate surface area is 199 Å². The normalized spacial score (nSPS) is 21.9. The van der Waals surface area contributed by atoms with Crippen molar-refractivity contribution < 1.29 is 32.3 Å². The third-order valence-corrected chi connectivity index (χ3v) is 7.68. The fraction of sp³-hybridized carbons (Fsp3) is 0.652. The van der Waals surface area contributed by atoms with Crippen LogP contribution in [0.1, 0.15) is 50.1 Å². The summed E-state index contributed by atoms with van der Waals surface area (Å²) in [6, 6.07) is 0.606. The maximum absolute atomic E-state index is 13.9. The zero-order valence-electron chi connectivity index (χ0n) is 18.5. The Morgan fingerprint density at radius 2 is 1.74 bits per heavy atom. The largest absolute Gasteiger partial charge is 0.407 e. The molecule has 0 radical (unpaired) electrons. The molecular weight excluding hydrogens is 474 g/mol. The van der Waals surface area contributed by atoms with Crippen LogP contribution in [-0.2, 0) is 9.59 Å². The molecule has 0 bridgehead atoms. The van der Waals surface area contributed by atoms with E-state index in [4.69, 9.17) is 0 Å². The summed E-state index contributed by atoms with van der Waals surface area (Å²) in [4.78, 5) is 25.4. The first-order valence-electron chi connectivity index (χ1n) is 11.5. The van der Waals surface area contributed by atoms with Crippen molar-refractivity contribution in [1.82, 2.24) is 16.0 Å². The van der Waals surface area contributed by atoms with Gasteiger partial charge in [0.2, 0.25) is 5.91 Å². The van der Waals surface area contributed by atoms with Gasteiger partial charge in [-0.1, -0.05) is 12.1 Å². The van der Waals surface area contributed by atoms with Gasteiger partial charge >= 0.3 is 6.18 Å². The standard InChI is InChI=1S/C23H29F4N3O3S/c24-15-5-3-14(4-6-15)18(23(25,26)27)29-17(12-34-11-13-1-2-13)20(32)30-22(9-10-22)19(31)21(33)28-16-7-8-16/h3-6,13,16-19,29,31H,1-2,7-12H2,(H,28,33)(H,30,32)/t17-,18-,19?/m0/s1. The van der Waals surface area contributed by atoms with Crippen LogP contribution in [0.4, 0.5) is 17.6 Å². The van der Waals surface area contributed by atoms with Crippen LogP contribution in [0.2, 0.25) is 0 Å². The highest BCUT2D eigenvalue weighted by atomic mass is 32.2. The van der Waals surface area contributed by atoms with Crippen LogP contribution in [0, 0.1) is 11.7 Å². The molecule has 1 aromatic carbocycles. The van der Waals surface area contributed by atoms with E-state index in [0.29, 0.717) is 18.8 Å². The number of hydrogen-bond acceptors (Lipinski definition) is 5. The number of benzene rings is 1. The molecule has 6 nitrogen and oxygen atoms in total. The number of carbonyl (C=O) groups excluding carboxylic acids is 2. The number of rotatable bonds is 12. The lowest BCUT2D eigenvalue weighted by molar-refractivity contribution is -0.160. The molecule has 3 saturated carbocycles. The lowest BCUT2D eigenvalue weighted by Gasteiger charge is -2.30. The lowest BCUT2D eigenvalue weighted by Crippen LogP contribution is -2.58. The molecule has 0 spiro atoms. The van der Waals surface area contributed by atoms with Crippen molar-refractivity contribution in [3.05, 3.63) is 35.6 Å². The minimum absolute atomic E-state index is 0.0325. The first-order valence-corrected chi connectivity index (χ1v) is 12.7. The highest BCUT2D eigenvalue weighted by molar-refractivity contribution is 7.99. The monoisotopic (exact) mass is 503 g/mol. The van der Waals surface area contributed by atoms with Crippen molar-refractivity contribution in [2.75, 3.05) is 11.5 Å². The van der Waals surface area contributed by atoms with Crippen LogP contribution in [0.25, 0.3) is 0 Å². The molecule has 0 aliphatic heterocycles. The second kappa shape index (κ2) is 10.0. The maximum atomic E-state index is 13.9. The first-order chi connectivity index (χ1) is 16.1. The van der Waals surface area contributed by atoms with E-state index in [2.05, 4.69) is 16.0 Å². The van der Waals surface area contributed by atoms with Gasteiger partial charge in [-0.25, -0.2) is 4.39 Å². The Hall–Kier alpha value is -1.85. The zero-order chi connectivity index (χ0) is 24.5. The summed E-state index contributed by atoms with van der Waals surface area (Å²) in [6.45, 7) is 0. The van der Waals surface area contributed by atoms with E-state index in [0.717, 1.165) is 55.7 Å². The lowest BCUT2D eigenvalue weighted by atomic mass is 10.0. The van der Waals surface area contributed by atoms with E-state index in [9.17, 15) is 32.3 Å². The van der Waals surface area contributed by atoms with E-state index in [1.807, 2.05) is 0 Å². The minimum atomic E-state index is -4.72. The molecule has 34 heavy (non-hydrogen) atoms. The number of carbonyl (C=O) groups is 2. The van der Waals surface area contributed by atoms with Crippen molar-refractivity contribution in [3.63, 3.8) is 0 Å². The minimum Gasteiger partial charge on any atom is -0.381 e. The highest BCUT2D eigenvalue weighted by Gasteiger charge is 2.54. The molecule has 4 rings (SSSR count). The summed E-state index contributed by atoms with van der Waals surface area (Å²) in [5, 5.41) is 18.3. The summed E-state index contributed by atoms with van der Waals surface area (Å²) in [7, 11) is 0. The average Bonchev–Trinajstić information content (AvgIpc) is 3.62. The van der Waals surface area contributed by atoms with E-state index in [1.165, 1.54) is 11.8 Å². The van der Waals surface area contributed by atoms with E-state index < -0.39 is 47.5 Å². The Bertz CT molecular complexity index is 886. The van der Waals surface area contributed by atoms with Gasteiger partial charge in [-0.3, -0.25) is 14.9 Å². The van der Waals surface area contributed by atoms with Gasteiger partial charge < -0.3 is 15.7 Å². The van der Waals surface area contributed by atoms with Crippen molar-refractivity contribution in [3.8, 4) is 0 Å². The molecular formula is C23H29F4N3O3S. The van der Waals surface area contributed by atoms with Crippen LogP contribution in [0.5, 0.6) is 0 Å². The maximum Gasteiger partial charge on any atom is 0.407 e. The summed E-state index contributed by atoms with van der Waals surface area (Å²) in [6.07, 6.45) is -1.64. The Morgan fingerprint density at radius 3 is 2.26 bits per heavy atom.